The van der Waals surface area contributed by atoms with Gasteiger partial charge in [0.2, 0.25) is 0 Å². The van der Waals surface area contributed by atoms with E-state index >= 15 is 0 Å². The van der Waals surface area contributed by atoms with Gasteiger partial charge >= 0.3 is 0 Å². The van der Waals surface area contributed by atoms with Gasteiger partial charge in [0.1, 0.15) is 11.0 Å². The molecular weight excluding hydrogens is 294 g/mol. The highest BCUT2D eigenvalue weighted by Crippen LogP contribution is 2.16. The van der Waals surface area contributed by atoms with Gasteiger partial charge in [-0.25, -0.2) is 4.68 Å². The van der Waals surface area contributed by atoms with Gasteiger partial charge in [0.25, 0.3) is 0 Å². The summed E-state index contributed by atoms with van der Waals surface area (Å²) in [6, 6.07) is 5.29. The monoisotopic (exact) mass is 307 g/mol. The lowest BCUT2D eigenvalue weighted by Crippen LogP contribution is -2.16. The molecule has 0 aliphatic carbocycles. The van der Waals surface area contributed by atoms with Gasteiger partial charge in [-0.1, -0.05) is 29.8 Å². The van der Waals surface area contributed by atoms with E-state index in [2.05, 4.69) is 32.8 Å². The molecule has 9 heteroatoms. The first kappa shape index (κ1) is 13.7. The van der Waals surface area contributed by atoms with Gasteiger partial charge in [-0.05, 0) is 40.3 Å². The third-order valence-electron chi connectivity index (χ3n) is 3.02. The number of tetrazole rings is 1. The van der Waals surface area contributed by atoms with Gasteiger partial charge in [0.15, 0.2) is 12.4 Å². The number of nitrogens with zero attached hydrogens (tertiary/aromatic N) is 7. The molecule has 0 bridgehead atoms. The second-order valence-corrected chi connectivity index (χ2v) is 4.98. The van der Waals surface area contributed by atoms with Crippen molar-refractivity contribution in [1.29, 1.82) is 0 Å². The minimum atomic E-state index is 0.210. The molecular formula is C12H14ClN7O. The van der Waals surface area contributed by atoms with Crippen LogP contribution in [-0.2, 0) is 13.2 Å². The first-order valence-corrected chi connectivity index (χ1v) is 7.05. The molecule has 8 nitrogen and oxygen atoms in total. The molecule has 2 heterocycles. The SMILES string of the molecule is CCCCn1nnnc1COn1nnc2ccc(Cl)cc21. The molecule has 1 aromatic carbocycles. The van der Waals surface area contributed by atoms with Crippen LogP contribution >= 0.6 is 11.6 Å². The van der Waals surface area contributed by atoms with E-state index in [4.69, 9.17) is 16.4 Å². The van der Waals surface area contributed by atoms with E-state index in [9.17, 15) is 0 Å². The molecule has 110 valence electrons. The number of halogens is 1. The summed E-state index contributed by atoms with van der Waals surface area (Å²) in [6.45, 7) is 3.10. The fourth-order valence-electron chi connectivity index (χ4n) is 1.89. The van der Waals surface area contributed by atoms with Crippen LogP contribution < -0.4 is 4.84 Å². The van der Waals surface area contributed by atoms with Crippen LogP contribution in [0.2, 0.25) is 5.02 Å². The van der Waals surface area contributed by atoms with Gasteiger partial charge in [0.05, 0.1) is 0 Å². The Morgan fingerprint density at radius 2 is 2.14 bits per heavy atom. The van der Waals surface area contributed by atoms with Crippen LogP contribution in [0.25, 0.3) is 11.0 Å². The van der Waals surface area contributed by atoms with Gasteiger partial charge in [-0.15, -0.1) is 10.2 Å². The summed E-state index contributed by atoms with van der Waals surface area (Å²) in [5.74, 6) is 0.647. The van der Waals surface area contributed by atoms with E-state index in [0.29, 0.717) is 21.9 Å². The maximum Gasteiger partial charge on any atom is 0.191 e. The third-order valence-corrected chi connectivity index (χ3v) is 3.26. The molecule has 21 heavy (non-hydrogen) atoms. The number of rotatable bonds is 6. The molecule has 0 aliphatic rings. The molecule has 2 aromatic heterocycles. The topological polar surface area (TPSA) is 83.5 Å². The lowest BCUT2D eigenvalue weighted by Gasteiger charge is -2.06. The first-order chi connectivity index (χ1) is 10.3. The predicted octanol–water partition coefficient (Wildman–Crippen LogP) is 1.50. The molecule has 0 N–H and O–H groups in total. The standard InChI is InChI=1S/C12H14ClN7O/c1-2-3-6-19-12(15-16-18-19)8-21-20-11-7-9(13)4-5-10(11)14-17-20/h4-5,7H,2-3,6,8H2,1H3. The summed E-state index contributed by atoms with van der Waals surface area (Å²) >= 11 is 5.97. The van der Waals surface area contributed by atoms with Gasteiger partial charge in [-0.3, -0.25) is 0 Å². The summed E-state index contributed by atoms with van der Waals surface area (Å²) < 4.78 is 1.73. The number of hydrogen-bond donors (Lipinski definition) is 0. The van der Waals surface area contributed by atoms with E-state index < -0.39 is 0 Å². The highest BCUT2D eigenvalue weighted by atomic mass is 35.5. The fourth-order valence-corrected chi connectivity index (χ4v) is 2.06. The van der Waals surface area contributed by atoms with Crippen LogP contribution in [0.3, 0.4) is 0 Å². The maximum absolute atomic E-state index is 5.97. The van der Waals surface area contributed by atoms with Crippen LogP contribution in [0.1, 0.15) is 25.6 Å². The largest absolute Gasteiger partial charge is 0.387 e. The molecule has 0 atom stereocenters. The van der Waals surface area contributed by atoms with Crippen molar-refractivity contribution in [3.05, 3.63) is 29.0 Å². The van der Waals surface area contributed by atoms with Crippen LogP contribution in [-0.4, -0.2) is 35.4 Å². The van der Waals surface area contributed by atoms with Gasteiger partial charge in [-0.2, -0.15) is 0 Å². The van der Waals surface area contributed by atoms with Crippen LogP contribution in [0.4, 0.5) is 0 Å². The molecule has 3 aromatic rings. The second-order valence-electron chi connectivity index (χ2n) is 4.54. The molecule has 0 saturated carbocycles. The Hall–Kier alpha value is -2.22. The number of aromatic nitrogens is 7. The summed E-state index contributed by atoms with van der Waals surface area (Å²) in [6.07, 6.45) is 2.09. The highest BCUT2D eigenvalue weighted by Gasteiger charge is 2.10. The van der Waals surface area contributed by atoms with Crippen molar-refractivity contribution < 1.29 is 4.84 Å². The van der Waals surface area contributed by atoms with Crippen LogP contribution in [0.15, 0.2) is 18.2 Å². The quantitative estimate of drug-likeness (QED) is 0.686. The van der Waals surface area contributed by atoms with Crippen molar-refractivity contribution >= 4 is 22.6 Å². The van der Waals surface area contributed by atoms with E-state index in [1.165, 1.54) is 4.85 Å². The molecule has 0 spiro atoms. The van der Waals surface area contributed by atoms with E-state index in [1.807, 2.05) is 0 Å². The van der Waals surface area contributed by atoms with E-state index in [-0.39, 0.29) is 6.61 Å². The number of aryl methyl sites for hydroxylation is 1. The molecule has 0 aliphatic heterocycles. The average Bonchev–Trinajstić information content (AvgIpc) is 3.09. The molecule has 0 amide bonds. The summed E-state index contributed by atoms with van der Waals surface area (Å²) in [7, 11) is 0. The molecule has 0 unspecified atom stereocenters. The Labute approximate surface area is 125 Å². The van der Waals surface area contributed by atoms with Gasteiger partial charge in [0, 0.05) is 11.6 Å². The Morgan fingerprint density at radius 1 is 1.24 bits per heavy atom. The maximum atomic E-state index is 5.97. The van der Waals surface area contributed by atoms with Crippen molar-refractivity contribution in [1.82, 2.24) is 35.4 Å². The number of benzene rings is 1. The van der Waals surface area contributed by atoms with Crippen LogP contribution in [0.5, 0.6) is 0 Å². The molecule has 3 rings (SSSR count). The Bertz CT molecular complexity index is 738. The molecule has 0 radical (unpaired) electrons. The normalized spacial score (nSPS) is 11.1. The summed E-state index contributed by atoms with van der Waals surface area (Å²) in [5.41, 5.74) is 1.42. The Morgan fingerprint density at radius 3 is 3.00 bits per heavy atom. The highest BCUT2D eigenvalue weighted by molar-refractivity contribution is 6.31. The first-order valence-electron chi connectivity index (χ1n) is 6.67. The van der Waals surface area contributed by atoms with Crippen LogP contribution in [0, 0.1) is 0 Å². The van der Waals surface area contributed by atoms with E-state index in [0.717, 1.165) is 19.4 Å². The zero-order chi connectivity index (χ0) is 14.7. The van der Waals surface area contributed by atoms with Crippen molar-refractivity contribution in [2.45, 2.75) is 32.9 Å². The molecule has 0 fully saturated rings. The second kappa shape index (κ2) is 6.04. The summed E-state index contributed by atoms with van der Waals surface area (Å²) in [5, 5.41) is 20.1. The Balaban J connectivity index is 1.74. The van der Waals surface area contributed by atoms with Crippen molar-refractivity contribution in [2.24, 2.45) is 0 Å². The lowest BCUT2D eigenvalue weighted by molar-refractivity contribution is 0.0684. The smallest absolute Gasteiger partial charge is 0.191 e. The Kier molecular flexibility index (Phi) is 3.96. The number of unbranched alkanes of at least 4 members (excludes halogenated alkanes) is 1. The van der Waals surface area contributed by atoms with Gasteiger partial charge < -0.3 is 4.84 Å². The van der Waals surface area contributed by atoms with Crippen molar-refractivity contribution in [3.63, 3.8) is 0 Å². The average molecular weight is 308 g/mol. The molecule has 0 saturated heterocycles. The number of hydrogen-bond acceptors (Lipinski definition) is 6. The minimum Gasteiger partial charge on any atom is -0.387 e. The summed E-state index contributed by atoms with van der Waals surface area (Å²) in [4.78, 5) is 6.93. The van der Waals surface area contributed by atoms with Crippen molar-refractivity contribution in [2.75, 3.05) is 0 Å². The fraction of sp³-hybridized carbons (Fsp3) is 0.417. The van der Waals surface area contributed by atoms with E-state index in [1.54, 1.807) is 22.9 Å². The zero-order valence-corrected chi connectivity index (χ0v) is 12.2. The number of fused-ring (bicyclic) bond motifs is 1. The predicted molar refractivity (Wildman–Crippen MR) is 75.5 cm³/mol. The lowest BCUT2D eigenvalue weighted by atomic mass is 10.3. The third kappa shape index (κ3) is 2.94. The zero-order valence-electron chi connectivity index (χ0n) is 11.5. The minimum absolute atomic E-state index is 0.210. The van der Waals surface area contributed by atoms with Crippen molar-refractivity contribution in [3.8, 4) is 0 Å².